The number of rotatable bonds is 8. The highest BCUT2D eigenvalue weighted by atomic mass is 79.9. The van der Waals surface area contributed by atoms with Crippen LogP contribution in [0.5, 0.6) is 0 Å². The van der Waals surface area contributed by atoms with Crippen molar-refractivity contribution in [3.05, 3.63) is 44.9 Å². The van der Waals surface area contributed by atoms with Gasteiger partial charge in [-0.3, -0.25) is 9.55 Å². The summed E-state index contributed by atoms with van der Waals surface area (Å²) in [5.41, 5.74) is -3.88. The fourth-order valence-electron chi connectivity index (χ4n) is 2.26. The van der Waals surface area contributed by atoms with E-state index >= 15 is 0 Å². The first-order valence-electron chi connectivity index (χ1n) is 7.44. The second-order valence-corrected chi connectivity index (χ2v) is 7.92. The maximum absolute atomic E-state index is 15.0. The third-order valence-corrected chi connectivity index (χ3v) is 6.11. The molecular weight excluding hydrogens is 421 g/mol. The zero-order valence-corrected chi connectivity index (χ0v) is 16.0. The molecule has 0 saturated carbocycles. The van der Waals surface area contributed by atoms with Crippen molar-refractivity contribution in [3.63, 3.8) is 0 Å². The van der Waals surface area contributed by atoms with E-state index in [9.17, 15) is 18.3 Å². The lowest BCUT2D eigenvalue weighted by molar-refractivity contribution is 0.0355. The number of pyridine rings is 1. The number of aromatic nitrogens is 1. The fraction of sp³-hybridized carbons (Fsp3) is 0.400. The number of nitrogens with zero attached hydrogens (tertiary/aromatic N) is 2. The van der Waals surface area contributed by atoms with Crippen LogP contribution in [0.2, 0.25) is 0 Å². The van der Waals surface area contributed by atoms with E-state index in [0.29, 0.717) is 11.1 Å². The third-order valence-electron chi connectivity index (χ3n) is 3.33. The molecule has 1 aromatic carbocycles. The normalized spacial score (nSPS) is 12.5. The molecule has 0 aliphatic rings. The van der Waals surface area contributed by atoms with Gasteiger partial charge in [0.05, 0.1) is 24.4 Å². The highest BCUT2D eigenvalue weighted by Crippen LogP contribution is 2.67. The Hall–Kier alpha value is -1.28. The summed E-state index contributed by atoms with van der Waals surface area (Å²) in [6, 6.07) is 5.77. The molecule has 136 valence electrons. The molecule has 0 unspecified atom stereocenters. The lowest BCUT2D eigenvalue weighted by Crippen LogP contribution is -2.19. The van der Waals surface area contributed by atoms with Gasteiger partial charge in [-0.15, -0.1) is 0 Å². The Labute approximate surface area is 151 Å². The third kappa shape index (κ3) is 3.95. The highest BCUT2D eigenvalue weighted by Gasteiger charge is 2.55. The van der Waals surface area contributed by atoms with E-state index in [1.807, 2.05) is 0 Å². The van der Waals surface area contributed by atoms with Crippen molar-refractivity contribution in [1.29, 1.82) is 0 Å². The zero-order valence-electron chi connectivity index (χ0n) is 13.5. The molecular formula is C15H16BrF2N2O4P. The van der Waals surface area contributed by atoms with Gasteiger partial charge in [0, 0.05) is 15.4 Å². The molecule has 6 nitrogen and oxygen atoms in total. The van der Waals surface area contributed by atoms with Crippen molar-refractivity contribution in [2.45, 2.75) is 26.1 Å². The molecule has 0 N–H and O–H groups in total. The van der Waals surface area contributed by atoms with Crippen LogP contribution >= 0.6 is 23.5 Å². The SMILES string of the molecule is CCOP(=O)(OCC)C(F)(F)c1cc2nc(CN=O)ccc2cc1Br. The molecule has 0 bridgehead atoms. The van der Waals surface area contributed by atoms with Crippen LogP contribution in [0.3, 0.4) is 0 Å². The molecule has 0 saturated heterocycles. The van der Waals surface area contributed by atoms with Gasteiger partial charge in [-0.1, -0.05) is 27.2 Å². The maximum atomic E-state index is 15.0. The largest absolute Gasteiger partial charge is 0.404 e. The Balaban J connectivity index is 2.62. The van der Waals surface area contributed by atoms with Gasteiger partial charge >= 0.3 is 13.3 Å². The Morgan fingerprint density at radius 2 is 1.88 bits per heavy atom. The first-order valence-corrected chi connectivity index (χ1v) is 9.78. The lowest BCUT2D eigenvalue weighted by Gasteiger charge is -2.26. The summed E-state index contributed by atoms with van der Waals surface area (Å²) in [5.74, 6) is 0. The topological polar surface area (TPSA) is 77.8 Å². The minimum absolute atomic E-state index is 0.0488. The maximum Gasteiger partial charge on any atom is 0.404 e. The summed E-state index contributed by atoms with van der Waals surface area (Å²) < 4.78 is 52.2. The van der Waals surface area contributed by atoms with Gasteiger partial charge in [-0.25, -0.2) is 0 Å². The van der Waals surface area contributed by atoms with Crippen LogP contribution in [-0.4, -0.2) is 18.2 Å². The van der Waals surface area contributed by atoms with Gasteiger partial charge in [0.2, 0.25) is 0 Å². The van der Waals surface area contributed by atoms with Gasteiger partial charge in [0.15, 0.2) is 0 Å². The van der Waals surface area contributed by atoms with Crippen molar-refractivity contribution in [1.82, 2.24) is 4.98 Å². The molecule has 0 spiro atoms. The van der Waals surface area contributed by atoms with Gasteiger partial charge in [-0.2, -0.15) is 13.7 Å². The molecule has 1 heterocycles. The predicted octanol–water partition coefficient (Wildman–Crippen LogP) is 5.58. The average molecular weight is 437 g/mol. The van der Waals surface area contributed by atoms with Crippen LogP contribution in [0.1, 0.15) is 25.1 Å². The number of hydrogen-bond acceptors (Lipinski definition) is 6. The molecule has 10 heteroatoms. The van der Waals surface area contributed by atoms with Gasteiger partial charge < -0.3 is 9.05 Å². The van der Waals surface area contributed by atoms with E-state index in [1.54, 1.807) is 12.1 Å². The smallest absolute Gasteiger partial charge is 0.304 e. The van der Waals surface area contributed by atoms with Crippen LogP contribution in [-0.2, 0) is 25.8 Å². The molecule has 0 amide bonds. The average Bonchev–Trinajstić information content (AvgIpc) is 2.55. The second kappa shape index (κ2) is 7.95. The Morgan fingerprint density at radius 3 is 2.44 bits per heavy atom. The van der Waals surface area contributed by atoms with Crippen LogP contribution in [0.4, 0.5) is 8.78 Å². The summed E-state index contributed by atoms with van der Waals surface area (Å²) in [4.78, 5) is 14.5. The molecule has 2 aromatic rings. The monoisotopic (exact) mass is 436 g/mol. The number of fused-ring (bicyclic) bond motifs is 1. The fourth-order valence-corrected chi connectivity index (χ4v) is 4.58. The minimum Gasteiger partial charge on any atom is -0.304 e. The molecule has 1 aromatic heterocycles. The Kier molecular flexibility index (Phi) is 6.37. The first kappa shape index (κ1) is 20.0. The number of halogens is 3. The first-order chi connectivity index (χ1) is 11.8. The standard InChI is InChI=1S/C15H16BrF2N2O4P/c1-3-23-25(22,24-4-2)15(17,18)12-8-14-10(7-13(12)16)5-6-11(20-14)9-19-21/h5-8H,3-4,9H2,1-2H3. The van der Waals surface area contributed by atoms with E-state index in [0.717, 1.165) is 6.07 Å². The second-order valence-electron chi connectivity index (χ2n) is 4.99. The molecule has 0 aliphatic carbocycles. The van der Waals surface area contributed by atoms with E-state index in [-0.39, 0.29) is 29.7 Å². The van der Waals surface area contributed by atoms with Gasteiger partial charge in [0.25, 0.3) is 0 Å². The summed E-state index contributed by atoms with van der Waals surface area (Å²) in [7, 11) is -4.73. The quantitative estimate of drug-likeness (QED) is 0.398. The van der Waals surface area contributed by atoms with Crippen LogP contribution in [0, 0.1) is 4.91 Å². The van der Waals surface area contributed by atoms with E-state index < -0.39 is 18.8 Å². The minimum atomic E-state index is -4.73. The Bertz CT molecular complexity index is 825. The number of benzene rings is 1. The number of hydrogen-bond donors (Lipinski definition) is 0. The van der Waals surface area contributed by atoms with E-state index in [2.05, 4.69) is 26.1 Å². The molecule has 2 rings (SSSR count). The number of nitroso groups, excluding NO2 is 1. The summed E-state index contributed by atoms with van der Waals surface area (Å²) in [6.45, 7) is 2.36. The van der Waals surface area contributed by atoms with Crippen molar-refractivity contribution < 1.29 is 22.4 Å². The Morgan fingerprint density at radius 1 is 1.24 bits per heavy atom. The van der Waals surface area contributed by atoms with Crippen LogP contribution in [0.15, 0.2) is 33.9 Å². The van der Waals surface area contributed by atoms with E-state index in [4.69, 9.17) is 9.05 Å². The van der Waals surface area contributed by atoms with Crippen molar-refractivity contribution in [2.24, 2.45) is 5.18 Å². The highest BCUT2D eigenvalue weighted by molar-refractivity contribution is 9.10. The molecule has 0 fully saturated rings. The van der Waals surface area contributed by atoms with Crippen LogP contribution in [0.25, 0.3) is 10.9 Å². The number of alkyl halides is 2. The molecule has 0 atom stereocenters. The summed E-state index contributed by atoms with van der Waals surface area (Å²) in [5, 5.41) is 3.31. The lowest BCUT2D eigenvalue weighted by atomic mass is 10.1. The van der Waals surface area contributed by atoms with Crippen LogP contribution < -0.4 is 0 Å². The zero-order chi connectivity index (χ0) is 18.7. The summed E-state index contributed by atoms with van der Waals surface area (Å²) >= 11 is 3.09. The van der Waals surface area contributed by atoms with Gasteiger partial charge in [0.1, 0.15) is 6.54 Å². The van der Waals surface area contributed by atoms with Gasteiger partial charge in [-0.05, 0) is 32.0 Å². The van der Waals surface area contributed by atoms with E-state index in [1.165, 1.54) is 19.9 Å². The van der Waals surface area contributed by atoms with Crippen molar-refractivity contribution in [2.75, 3.05) is 13.2 Å². The van der Waals surface area contributed by atoms with Crippen molar-refractivity contribution in [3.8, 4) is 0 Å². The molecule has 0 radical (unpaired) electrons. The molecule has 0 aliphatic heterocycles. The van der Waals surface area contributed by atoms with Crippen molar-refractivity contribution >= 4 is 34.4 Å². The predicted molar refractivity (Wildman–Crippen MR) is 93.7 cm³/mol. The summed E-state index contributed by atoms with van der Waals surface area (Å²) in [6.07, 6.45) is 0. The molecule has 25 heavy (non-hydrogen) atoms.